The lowest BCUT2D eigenvalue weighted by molar-refractivity contribution is -0.133. The number of carboxylic acids is 1. The molecule has 0 aliphatic rings. The van der Waals surface area contributed by atoms with Crippen LogP contribution in [0.15, 0.2) is 197 Å². The SMILES string of the molecule is CO/N=C(\C(=O)O)c1nsc(N)n1.COC(=O)/C(=N/OC(c1ccccc1)(c1ccccc1)c1ccccc1)c1nsc(N)n1.COC(=O)/C(=N\OC(c1ccccc1)(c1ccccc1)c1ccccc1)c1nsc(N)n1. The molecule has 6 aromatic carbocycles. The van der Waals surface area contributed by atoms with Crippen molar-refractivity contribution in [2.75, 3.05) is 38.5 Å². The lowest BCUT2D eigenvalue weighted by Crippen LogP contribution is -2.32. The number of hydrogen-bond donors (Lipinski definition) is 4. The minimum absolute atomic E-state index is 0.0439. The molecule has 0 fully saturated rings. The molecule has 390 valence electrons. The first kappa shape index (κ1) is 55.0. The smallest absolute Gasteiger partial charge is 0.364 e. The van der Waals surface area contributed by atoms with Crippen molar-refractivity contribution in [3.63, 3.8) is 0 Å². The summed E-state index contributed by atoms with van der Waals surface area (Å²) in [5.74, 6) is -2.68. The Bertz CT molecular complexity index is 3050. The minimum Gasteiger partial charge on any atom is -0.476 e. The van der Waals surface area contributed by atoms with Crippen LogP contribution in [0.4, 0.5) is 15.4 Å². The first-order valence-corrected chi connectivity index (χ1v) is 24.9. The molecule has 21 nitrogen and oxygen atoms in total. The van der Waals surface area contributed by atoms with E-state index in [-0.39, 0.29) is 50.0 Å². The second-order valence-corrected chi connectivity index (χ2v) is 17.8. The number of esters is 2. The van der Waals surface area contributed by atoms with E-state index in [1.54, 1.807) is 0 Å². The zero-order chi connectivity index (χ0) is 54.6. The first-order chi connectivity index (χ1) is 37.4. The van der Waals surface area contributed by atoms with Gasteiger partial charge in [-0.15, -0.1) is 0 Å². The summed E-state index contributed by atoms with van der Waals surface area (Å²) in [5.41, 5.74) is 18.7. The van der Waals surface area contributed by atoms with Gasteiger partial charge in [-0.25, -0.2) is 14.4 Å². The number of ether oxygens (including phenoxy) is 2. The Morgan fingerprint density at radius 3 is 0.857 bits per heavy atom. The molecule has 0 unspecified atom stereocenters. The van der Waals surface area contributed by atoms with Crippen LogP contribution in [0.2, 0.25) is 0 Å². The highest BCUT2D eigenvalue weighted by Crippen LogP contribution is 2.42. The zero-order valence-electron chi connectivity index (χ0n) is 41.0. The van der Waals surface area contributed by atoms with Crippen LogP contribution >= 0.6 is 34.6 Å². The van der Waals surface area contributed by atoms with Crippen LogP contribution < -0.4 is 17.2 Å². The van der Waals surface area contributed by atoms with Gasteiger partial charge in [-0.05, 0) is 0 Å². The zero-order valence-corrected chi connectivity index (χ0v) is 43.5. The number of nitrogens with two attached hydrogens (primary N) is 3. The fourth-order valence-corrected chi connectivity index (χ4v) is 8.68. The van der Waals surface area contributed by atoms with Gasteiger partial charge in [-0.3, -0.25) is 0 Å². The molecule has 0 aliphatic carbocycles. The maximum absolute atomic E-state index is 12.5. The number of carbonyl (C=O) groups excluding carboxylic acids is 2. The van der Waals surface area contributed by atoms with E-state index in [1.165, 1.54) is 21.3 Å². The summed E-state index contributed by atoms with van der Waals surface area (Å²) in [6, 6.07) is 58.0. The van der Waals surface area contributed by atoms with Gasteiger partial charge in [0, 0.05) is 68.0 Å². The number of carbonyl (C=O) groups is 3. The number of aromatic nitrogens is 6. The van der Waals surface area contributed by atoms with Crippen molar-refractivity contribution >= 4 is 85.0 Å². The predicted molar refractivity (Wildman–Crippen MR) is 292 cm³/mol. The fraction of sp³-hybridized carbons (Fsp3) is 0.0943. The van der Waals surface area contributed by atoms with Gasteiger partial charge in [0.15, 0.2) is 15.4 Å². The van der Waals surface area contributed by atoms with Crippen LogP contribution in [0.3, 0.4) is 0 Å². The van der Waals surface area contributed by atoms with E-state index in [0.717, 1.165) is 68.0 Å². The normalized spacial score (nSPS) is 11.6. The molecule has 0 amide bonds. The molecule has 0 radical (unpaired) electrons. The first-order valence-electron chi connectivity index (χ1n) is 22.6. The molecule has 0 saturated heterocycles. The van der Waals surface area contributed by atoms with Crippen LogP contribution in [0, 0.1) is 0 Å². The van der Waals surface area contributed by atoms with E-state index in [9.17, 15) is 14.4 Å². The molecule has 0 bridgehead atoms. The summed E-state index contributed by atoms with van der Waals surface area (Å²) < 4.78 is 21.7. The summed E-state index contributed by atoms with van der Waals surface area (Å²) in [4.78, 5) is 64.3. The summed E-state index contributed by atoms with van der Waals surface area (Å²) in [7, 11) is 3.75. The maximum atomic E-state index is 12.5. The second kappa shape index (κ2) is 26.4. The largest absolute Gasteiger partial charge is 0.476 e. The number of hydrogen-bond acceptors (Lipinski definition) is 23. The van der Waals surface area contributed by atoms with Crippen LogP contribution in [0.25, 0.3) is 0 Å². The van der Waals surface area contributed by atoms with Crippen LogP contribution in [0.5, 0.6) is 0 Å². The summed E-state index contributed by atoms with van der Waals surface area (Å²) >= 11 is 2.80. The number of aliphatic carboxylic acids is 1. The molecule has 77 heavy (non-hydrogen) atoms. The Balaban J connectivity index is 0.000000182. The summed E-state index contributed by atoms with van der Waals surface area (Å²) in [5, 5.41) is 21.0. The van der Waals surface area contributed by atoms with Crippen molar-refractivity contribution in [2.45, 2.75) is 11.2 Å². The quantitative estimate of drug-likeness (QED) is 0.0296. The van der Waals surface area contributed by atoms with Crippen molar-refractivity contribution in [1.82, 2.24) is 28.1 Å². The Morgan fingerprint density at radius 1 is 0.416 bits per heavy atom. The highest BCUT2D eigenvalue weighted by atomic mass is 32.1. The van der Waals surface area contributed by atoms with E-state index in [1.807, 2.05) is 182 Å². The van der Waals surface area contributed by atoms with Gasteiger partial charge < -0.3 is 46.3 Å². The third-order valence-electron chi connectivity index (χ3n) is 10.7. The molecule has 7 N–H and O–H groups in total. The Kier molecular flexibility index (Phi) is 18.9. The number of benzene rings is 6. The predicted octanol–water partition coefficient (Wildman–Crippen LogP) is 7.57. The number of carboxylic acid groups (broad SMARTS) is 1. The molecule has 0 spiro atoms. The van der Waals surface area contributed by atoms with Crippen LogP contribution in [0.1, 0.15) is 50.9 Å². The summed E-state index contributed by atoms with van der Waals surface area (Å²) in [6.45, 7) is 0. The summed E-state index contributed by atoms with van der Waals surface area (Å²) in [6.07, 6.45) is 0. The molecule has 9 rings (SSSR count). The average molecular weight is 1090 g/mol. The van der Waals surface area contributed by atoms with Crippen molar-refractivity contribution in [3.8, 4) is 0 Å². The Hall–Kier alpha value is -9.78. The highest BCUT2D eigenvalue weighted by molar-refractivity contribution is 7.10. The number of methoxy groups -OCH3 is 2. The molecular formula is C53H46N12O9S3. The molecule has 3 aromatic heterocycles. The standard InChI is InChI=1S/2C24H20N4O3S.C5H6N4O3S/c2*1-30-22(29)20(21-26-23(25)32-28-21)27-31-24(17-11-5-2-6-12-17,18-13-7-3-8-14-18)19-15-9-4-10-16-19;1-12-8-2(4(10)11)3-7-5(6)13-9-3/h2*2-16H,1H3,(H2,25,26,28);1H3,(H,10,11)(H2,6,7,9)/b27-20+;27-20-;8-2-. The number of oxime groups is 3. The van der Waals surface area contributed by atoms with Gasteiger partial charge in [-0.2, -0.15) is 28.1 Å². The Labute approximate surface area is 452 Å². The van der Waals surface area contributed by atoms with Gasteiger partial charge in [0.05, 0.1) is 14.2 Å². The van der Waals surface area contributed by atoms with Gasteiger partial charge in [0.2, 0.25) is 45.8 Å². The Morgan fingerprint density at radius 2 is 0.662 bits per heavy atom. The second-order valence-electron chi connectivity index (χ2n) is 15.4. The van der Waals surface area contributed by atoms with E-state index in [4.69, 9.17) is 41.5 Å². The van der Waals surface area contributed by atoms with E-state index >= 15 is 0 Å². The molecule has 0 saturated carbocycles. The average Bonchev–Trinajstić information content (AvgIpc) is 4.27. The third kappa shape index (κ3) is 13.1. The van der Waals surface area contributed by atoms with Gasteiger partial charge in [-0.1, -0.05) is 197 Å². The van der Waals surface area contributed by atoms with Crippen LogP contribution in [-0.4, -0.2) is 89.6 Å². The lowest BCUT2D eigenvalue weighted by atomic mass is 9.80. The third-order valence-corrected chi connectivity index (χ3v) is 12.4. The van der Waals surface area contributed by atoms with Crippen molar-refractivity contribution < 1.29 is 43.5 Å². The van der Waals surface area contributed by atoms with Gasteiger partial charge in [0.1, 0.15) is 7.11 Å². The van der Waals surface area contributed by atoms with Gasteiger partial charge in [0.25, 0.3) is 0 Å². The van der Waals surface area contributed by atoms with E-state index in [2.05, 4.69) is 48.4 Å². The van der Waals surface area contributed by atoms with E-state index in [0.29, 0.717) is 0 Å². The molecule has 9 aromatic rings. The van der Waals surface area contributed by atoms with Crippen molar-refractivity contribution in [1.29, 1.82) is 0 Å². The van der Waals surface area contributed by atoms with Gasteiger partial charge >= 0.3 is 17.9 Å². The van der Waals surface area contributed by atoms with E-state index < -0.39 is 29.1 Å². The minimum atomic E-state index is -1.26. The number of nitrogen functional groups attached to an aromatic ring is 3. The molecule has 3 heterocycles. The fourth-order valence-electron chi connectivity index (χ4n) is 7.37. The number of anilines is 3. The lowest BCUT2D eigenvalue weighted by Gasteiger charge is -2.33. The number of rotatable bonds is 17. The topological polar surface area (TPSA) is 310 Å². The van der Waals surface area contributed by atoms with Crippen molar-refractivity contribution in [3.05, 3.63) is 233 Å². The molecular weight excluding hydrogens is 1040 g/mol. The number of nitrogens with zero attached hydrogens (tertiary/aromatic N) is 9. The van der Waals surface area contributed by atoms with Crippen molar-refractivity contribution in [2.24, 2.45) is 15.5 Å². The van der Waals surface area contributed by atoms with Crippen LogP contribution in [-0.2, 0) is 49.6 Å². The molecule has 24 heteroatoms. The highest BCUT2D eigenvalue weighted by Gasteiger charge is 2.42. The monoisotopic (exact) mass is 1090 g/mol. The molecule has 0 atom stereocenters. The maximum Gasteiger partial charge on any atom is 0.364 e. The molecule has 0 aliphatic heterocycles.